The Morgan fingerprint density at radius 3 is 2.48 bits per heavy atom. The van der Waals surface area contributed by atoms with E-state index < -0.39 is 0 Å². The van der Waals surface area contributed by atoms with Gasteiger partial charge in [0.25, 0.3) is 5.91 Å². The first-order valence-corrected chi connectivity index (χ1v) is 11.2. The minimum Gasteiger partial charge on any atom is -0.484 e. The average molecular weight is 505 g/mol. The fourth-order valence-electron chi connectivity index (χ4n) is 3.29. The van der Waals surface area contributed by atoms with Crippen LogP contribution in [0.5, 0.6) is 5.75 Å². The smallest absolute Gasteiger partial charge is 0.291 e. The predicted octanol–water partition coefficient (Wildman–Crippen LogP) is 6.93. The first-order valence-electron chi connectivity index (χ1n) is 10.1. The molecule has 2 aromatic carbocycles. The quantitative estimate of drug-likeness (QED) is 0.296. The third-order valence-electron chi connectivity index (χ3n) is 5.01. The van der Waals surface area contributed by atoms with E-state index in [4.69, 9.17) is 44.0 Å². The van der Waals surface area contributed by atoms with E-state index in [1.54, 1.807) is 30.3 Å². The Morgan fingerprint density at radius 1 is 1.03 bits per heavy atom. The first kappa shape index (κ1) is 23.2. The molecule has 170 valence electrons. The van der Waals surface area contributed by atoms with Gasteiger partial charge in [-0.25, -0.2) is 0 Å². The van der Waals surface area contributed by atoms with Gasteiger partial charge in [0.1, 0.15) is 18.1 Å². The summed E-state index contributed by atoms with van der Waals surface area (Å²) in [5.74, 6) is 0.754. The summed E-state index contributed by atoms with van der Waals surface area (Å²) in [6, 6.07) is 15.8. The molecule has 0 aliphatic heterocycles. The predicted molar refractivity (Wildman–Crippen MR) is 130 cm³/mol. The molecule has 2 aromatic heterocycles. The number of halogens is 3. The van der Waals surface area contributed by atoms with Crippen molar-refractivity contribution in [2.75, 3.05) is 5.32 Å². The SMILES string of the molecule is Cc1nn(Cc2ccc(Cl)cc2)c(C)c1NC(=O)c1ccc(COc2ccc(Cl)cc2Cl)o1. The molecule has 2 heterocycles. The highest BCUT2D eigenvalue weighted by Gasteiger charge is 2.18. The normalized spacial score (nSPS) is 10.9. The molecular weight excluding hydrogens is 485 g/mol. The number of benzene rings is 2. The number of anilines is 1. The van der Waals surface area contributed by atoms with Crippen LogP contribution in [0, 0.1) is 13.8 Å². The molecule has 0 fully saturated rings. The third kappa shape index (κ3) is 5.53. The summed E-state index contributed by atoms with van der Waals surface area (Å²) in [5, 5.41) is 9.05. The number of amides is 1. The average Bonchev–Trinajstić information content (AvgIpc) is 3.35. The Balaban J connectivity index is 1.42. The molecule has 9 heteroatoms. The summed E-state index contributed by atoms with van der Waals surface area (Å²) in [7, 11) is 0. The summed E-state index contributed by atoms with van der Waals surface area (Å²) in [6.07, 6.45) is 0. The zero-order valence-electron chi connectivity index (χ0n) is 17.9. The number of ether oxygens (including phenoxy) is 1. The Kier molecular flexibility index (Phi) is 6.98. The molecule has 4 aromatic rings. The van der Waals surface area contributed by atoms with Crippen LogP contribution in [0.2, 0.25) is 15.1 Å². The van der Waals surface area contributed by atoms with Crippen LogP contribution in [0.15, 0.2) is 59.0 Å². The molecule has 6 nitrogen and oxygen atoms in total. The van der Waals surface area contributed by atoms with Crippen LogP contribution in [0.4, 0.5) is 5.69 Å². The van der Waals surface area contributed by atoms with E-state index in [0.29, 0.717) is 44.5 Å². The van der Waals surface area contributed by atoms with E-state index in [1.807, 2.05) is 42.8 Å². The van der Waals surface area contributed by atoms with E-state index in [1.165, 1.54) is 0 Å². The largest absolute Gasteiger partial charge is 0.484 e. The Hall–Kier alpha value is -2.93. The highest BCUT2D eigenvalue weighted by Crippen LogP contribution is 2.28. The number of furan rings is 1. The van der Waals surface area contributed by atoms with Gasteiger partial charge in [-0.1, -0.05) is 46.9 Å². The number of carbonyl (C=O) groups is 1. The maximum Gasteiger partial charge on any atom is 0.291 e. The molecule has 0 bridgehead atoms. The highest BCUT2D eigenvalue weighted by molar-refractivity contribution is 6.35. The Labute approximate surface area is 206 Å². The Bertz CT molecular complexity index is 1300. The topological polar surface area (TPSA) is 69.3 Å². The summed E-state index contributed by atoms with van der Waals surface area (Å²) in [6.45, 7) is 4.43. The second-order valence-corrected chi connectivity index (χ2v) is 8.69. The van der Waals surface area contributed by atoms with Crippen LogP contribution < -0.4 is 10.1 Å². The van der Waals surface area contributed by atoms with Crippen LogP contribution >= 0.6 is 34.8 Å². The minimum absolute atomic E-state index is 0.117. The van der Waals surface area contributed by atoms with Crippen molar-refractivity contribution >= 4 is 46.4 Å². The van der Waals surface area contributed by atoms with Crippen molar-refractivity contribution in [1.29, 1.82) is 0 Å². The molecule has 0 aliphatic rings. The Morgan fingerprint density at radius 2 is 1.76 bits per heavy atom. The monoisotopic (exact) mass is 503 g/mol. The summed E-state index contributed by atoms with van der Waals surface area (Å²) >= 11 is 18.0. The zero-order chi connectivity index (χ0) is 23.5. The lowest BCUT2D eigenvalue weighted by Gasteiger charge is -2.07. The lowest BCUT2D eigenvalue weighted by atomic mass is 10.2. The summed E-state index contributed by atoms with van der Waals surface area (Å²) in [4.78, 5) is 12.8. The number of hydrogen-bond acceptors (Lipinski definition) is 4. The standard InChI is InChI=1S/C24H20Cl3N3O3/c1-14-23(15(2)30(29-14)12-16-3-5-17(25)6-4-16)28-24(31)22-10-8-19(33-22)13-32-21-9-7-18(26)11-20(21)27/h3-11H,12-13H2,1-2H3,(H,28,31). The molecule has 33 heavy (non-hydrogen) atoms. The van der Waals surface area contributed by atoms with Gasteiger partial charge in [0, 0.05) is 10.0 Å². The number of rotatable bonds is 7. The number of nitrogens with zero attached hydrogens (tertiary/aromatic N) is 2. The molecule has 0 aliphatic carbocycles. The van der Waals surface area contributed by atoms with Gasteiger partial charge in [-0.2, -0.15) is 5.10 Å². The van der Waals surface area contributed by atoms with E-state index in [9.17, 15) is 4.79 Å². The van der Waals surface area contributed by atoms with Gasteiger partial charge >= 0.3 is 0 Å². The molecule has 0 saturated heterocycles. The van der Waals surface area contributed by atoms with Gasteiger partial charge in [0.05, 0.1) is 28.6 Å². The van der Waals surface area contributed by atoms with Crippen molar-refractivity contribution in [3.63, 3.8) is 0 Å². The van der Waals surface area contributed by atoms with E-state index in [-0.39, 0.29) is 18.3 Å². The van der Waals surface area contributed by atoms with E-state index in [2.05, 4.69) is 10.4 Å². The van der Waals surface area contributed by atoms with Crippen LogP contribution in [-0.4, -0.2) is 15.7 Å². The first-order chi connectivity index (χ1) is 15.8. The molecule has 0 spiro atoms. The second-order valence-electron chi connectivity index (χ2n) is 7.41. The van der Waals surface area contributed by atoms with Crippen molar-refractivity contribution in [3.05, 3.63) is 98.1 Å². The third-order valence-corrected chi connectivity index (χ3v) is 5.80. The van der Waals surface area contributed by atoms with Gasteiger partial charge in [-0.3, -0.25) is 9.48 Å². The zero-order valence-corrected chi connectivity index (χ0v) is 20.1. The summed E-state index contributed by atoms with van der Waals surface area (Å²) in [5.41, 5.74) is 3.25. The van der Waals surface area contributed by atoms with Gasteiger partial charge in [0.2, 0.25) is 0 Å². The molecule has 0 atom stereocenters. The van der Waals surface area contributed by atoms with Gasteiger partial charge < -0.3 is 14.5 Å². The minimum atomic E-state index is -0.372. The van der Waals surface area contributed by atoms with Gasteiger partial charge in [-0.05, 0) is 61.9 Å². The fraction of sp³-hybridized carbons (Fsp3) is 0.167. The van der Waals surface area contributed by atoms with Crippen molar-refractivity contribution in [3.8, 4) is 5.75 Å². The van der Waals surface area contributed by atoms with Crippen LogP contribution in [0.1, 0.15) is 33.3 Å². The van der Waals surface area contributed by atoms with Crippen LogP contribution in [-0.2, 0) is 13.2 Å². The highest BCUT2D eigenvalue weighted by atomic mass is 35.5. The molecular formula is C24H20Cl3N3O3. The molecule has 1 N–H and O–H groups in total. The number of aryl methyl sites for hydroxylation is 1. The molecule has 0 saturated carbocycles. The van der Waals surface area contributed by atoms with E-state index in [0.717, 1.165) is 11.3 Å². The van der Waals surface area contributed by atoms with Gasteiger partial charge in [0.15, 0.2) is 5.76 Å². The number of carbonyl (C=O) groups excluding carboxylic acids is 1. The van der Waals surface area contributed by atoms with Crippen LogP contribution in [0.25, 0.3) is 0 Å². The fourth-order valence-corrected chi connectivity index (χ4v) is 3.88. The van der Waals surface area contributed by atoms with Crippen molar-refractivity contribution < 1.29 is 13.9 Å². The second kappa shape index (κ2) is 9.91. The maximum atomic E-state index is 12.8. The molecule has 1 amide bonds. The van der Waals surface area contributed by atoms with Crippen molar-refractivity contribution in [2.45, 2.75) is 27.0 Å². The van der Waals surface area contributed by atoms with E-state index >= 15 is 0 Å². The lowest BCUT2D eigenvalue weighted by Crippen LogP contribution is -2.12. The van der Waals surface area contributed by atoms with Crippen LogP contribution in [0.3, 0.4) is 0 Å². The number of nitrogens with one attached hydrogen (secondary N) is 1. The number of hydrogen-bond donors (Lipinski definition) is 1. The molecule has 0 radical (unpaired) electrons. The molecule has 0 unspecified atom stereocenters. The molecule has 4 rings (SSSR count). The number of aromatic nitrogens is 2. The van der Waals surface area contributed by atoms with Gasteiger partial charge in [-0.15, -0.1) is 0 Å². The summed E-state index contributed by atoms with van der Waals surface area (Å²) < 4.78 is 13.1. The maximum absolute atomic E-state index is 12.8. The van der Waals surface area contributed by atoms with Crippen molar-refractivity contribution in [1.82, 2.24) is 9.78 Å². The lowest BCUT2D eigenvalue weighted by molar-refractivity contribution is 0.0992. The van der Waals surface area contributed by atoms with Crippen molar-refractivity contribution in [2.24, 2.45) is 0 Å².